The lowest BCUT2D eigenvalue weighted by Crippen LogP contribution is -2.30. The summed E-state index contributed by atoms with van der Waals surface area (Å²) in [5.74, 6) is -0.935. The van der Waals surface area contributed by atoms with Gasteiger partial charge in [0.25, 0.3) is 5.91 Å². The molecule has 0 heterocycles. The zero-order valence-corrected chi connectivity index (χ0v) is 14.8. The Kier molecular flexibility index (Phi) is 6.80. The lowest BCUT2D eigenvalue weighted by molar-refractivity contribution is -0.121. The molecule has 0 fully saturated rings. The Hall–Kier alpha value is -2.80. The minimum atomic E-state index is -0.531. The molecule has 0 unspecified atom stereocenters. The van der Waals surface area contributed by atoms with E-state index in [1.807, 2.05) is 0 Å². The van der Waals surface area contributed by atoms with Gasteiger partial charge < -0.3 is 20.5 Å². The molecule has 8 heteroatoms. The van der Waals surface area contributed by atoms with Crippen molar-refractivity contribution in [2.45, 2.75) is 13.0 Å². The molecule has 138 valence electrons. The number of carbonyl (C=O) groups is 2. The average molecular weight is 381 g/mol. The third-order valence-corrected chi connectivity index (χ3v) is 3.86. The Morgan fingerprint density at radius 3 is 2.65 bits per heavy atom. The summed E-state index contributed by atoms with van der Waals surface area (Å²) in [4.78, 5) is 23.8. The van der Waals surface area contributed by atoms with E-state index in [1.165, 1.54) is 19.2 Å². The van der Waals surface area contributed by atoms with E-state index in [1.54, 1.807) is 12.1 Å². The fourth-order valence-corrected chi connectivity index (χ4v) is 2.43. The summed E-state index contributed by atoms with van der Waals surface area (Å²) in [6.45, 7) is 0.366. The molecule has 0 radical (unpaired) electrons. The molecule has 0 aliphatic carbocycles. The molecule has 2 rings (SSSR count). The van der Waals surface area contributed by atoms with Gasteiger partial charge in [-0.1, -0.05) is 17.7 Å². The highest BCUT2D eigenvalue weighted by molar-refractivity contribution is 6.33. The predicted octanol–water partition coefficient (Wildman–Crippen LogP) is 2.63. The van der Waals surface area contributed by atoms with E-state index in [-0.39, 0.29) is 41.8 Å². The van der Waals surface area contributed by atoms with Crippen LogP contribution < -0.4 is 15.4 Å². The Morgan fingerprint density at radius 1 is 1.19 bits per heavy atom. The van der Waals surface area contributed by atoms with Crippen LogP contribution in [0.3, 0.4) is 0 Å². The monoisotopic (exact) mass is 380 g/mol. The summed E-state index contributed by atoms with van der Waals surface area (Å²) in [6.07, 6.45) is 0.0692. The molecule has 0 saturated heterocycles. The first-order valence-electron chi connectivity index (χ1n) is 7.76. The van der Waals surface area contributed by atoms with E-state index in [0.717, 1.165) is 17.7 Å². The Labute approximate surface area is 154 Å². The average Bonchev–Trinajstić information content (AvgIpc) is 2.60. The number of methoxy groups -OCH3 is 1. The smallest absolute Gasteiger partial charge is 0.252 e. The Morgan fingerprint density at radius 2 is 1.96 bits per heavy atom. The maximum Gasteiger partial charge on any atom is 0.252 e. The zero-order chi connectivity index (χ0) is 19.1. The van der Waals surface area contributed by atoms with E-state index in [2.05, 4.69) is 10.6 Å². The van der Waals surface area contributed by atoms with E-state index in [4.69, 9.17) is 16.3 Å². The van der Waals surface area contributed by atoms with Gasteiger partial charge in [-0.3, -0.25) is 9.59 Å². The van der Waals surface area contributed by atoms with Gasteiger partial charge >= 0.3 is 0 Å². The summed E-state index contributed by atoms with van der Waals surface area (Å²) < 4.78 is 18.0. The second-order valence-electron chi connectivity index (χ2n) is 5.41. The summed E-state index contributed by atoms with van der Waals surface area (Å²) in [6, 6.07) is 8.23. The van der Waals surface area contributed by atoms with Crippen molar-refractivity contribution in [1.29, 1.82) is 0 Å². The number of amides is 2. The molecule has 26 heavy (non-hydrogen) atoms. The summed E-state index contributed by atoms with van der Waals surface area (Å²) in [5, 5.41) is 14.8. The molecule has 0 aromatic heterocycles. The number of hydrogen-bond donors (Lipinski definition) is 3. The van der Waals surface area contributed by atoms with Gasteiger partial charge in [-0.2, -0.15) is 0 Å². The molecular formula is C18H18ClFN2O4. The topological polar surface area (TPSA) is 87.7 Å². The highest BCUT2D eigenvalue weighted by Gasteiger charge is 2.11. The Bertz CT molecular complexity index is 814. The molecule has 2 amide bonds. The third kappa shape index (κ3) is 5.35. The fourth-order valence-electron chi connectivity index (χ4n) is 2.18. The lowest BCUT2D eigenvalue weighted by Gasteiger charge is -2.09. The molecule has 0 aliphatic rings. The summed E-state index contributed by atoms with van der Waals surface area (Å²) in [7, 11) is 1.44. The number of ether oxygens (including phenoxy) is 1. The van der Waals surface area contributed by atoms with Crippen LogP contribution in [0.25, 0.3) is 0 Å². The van der Waals surface area contributed by atoms with Crippen LogP contribution in [0.15, 0.2) is 36.4 Å². The van der Waals surface area contributed by atoms with E-state index in [9.17, 15) is 19.1 Å². The largest absolute Gasteiger partial charge is 0.504 e. The highest BCUT2D eigenvalue weighted by Crippen LogP contribution is 2.26. The van der Waals surface area contributed by atoms with Crippen molar-refractivity contribution in [2.75, 3.05) is 13.7 Å². The van der Waals surface area contributed by atoms with Crippen molar-refractivity contribution in [3.8, 4) is 11.5 Å². The zero-order valence-electron chi connectivity index (χ0n) is 14.0. The molecule has 2 aromatic carbocycles. The van der Waals surface area contributed by atoms with Gasteiger partial charge in [-0.05, 0) is 35.9 Å². The number of carbonyl (C=O) groups excluding carboxylic acids is 2. The quantitative estimate of drug-likeness (QED) is 0.689. The molecular weight excluding hydrogens is 363 g/mol. The van der Waals surface area contributed by atoms with E-state index in [0.29, 0.717) is 5.75 Å². The molecule has 3 N–H and O–H groups in total. The summed E-state index contributed by atoms with van der Waals surface area (Å²) in [5.41, 5.74) is 0.903. The van der Waals surface area contributed by atoms with Crippen molar-refractivity contribution in [1.82, 2.24) is 10.6 Å². The van der Waals surface area contributed by atoms with Crippen LogP contribution in [0.1, 0.15) is 22.3 Å². The van der Waals surface area contributed by atoms with Crippen LogP contribution in [-0.2, 0) is 11.3 Å². The lowest BCUT2D eigenvalue weighted by atomic mass is 10.2. The van der Waals surface area contributed by atoms with Crippen molar-refractivity contribution in [2.24, 2.45) is 0 Å². The predicted molar refractivity (Wildman–Crippen MR) is 94.9 cm³/mol. The van der Waals surface area contributed by atoms with Crippen LogP contribution in [-0.4, -0.2) is 30.6 Å². The molecule has 6 nitrogen and oxygen atoms in total. The van der Waals surface area contributed by atoms with Crippen molar-refractivity contribution in [3.05, 3.63) is 58.4 Å². The van der Waals surface area contributed by atoms with Gasteiger partial charge in [0, 0.05) is 19.5 Å². The number of aromatic hydroxyl groups is 1. The molecule has 0 bridgehead atoms. The van der Waals surface area contributed by atoms with Gasteiger partial charge in [-0.15, -0.1) is 0 Å². The first kappa shape index (κ1) is 19.5. The second kappa shape index (κ2) is 9.05. The number of rotatable bonds is 7. The SMILES string of the molecule is COc1cc(CNC(=O)CCNC(=O)c2ccc(F)cc2Cl)ccc1O. The second-order valence-corrected chi connectivity index (χ2v) is 5.82. The maximum absolute atomic E-state index is 13.0. The van der Waals surface area contributed by atoms with Crippen LogP contribution in [0.4, 0.5) is 4.39 Å². The number of benzene rings is 2. The van der Waals surface area contributed by atoms with Crippen molar-refractivity contribution in [3.63, 3.8) is 0 Å². The normalized spacial score (nSPS) is 10.3. The van der Waals surface area contributed by atoms with Gasteiger partial charge in [0.2, 0.25) is 5.91 Å². The molecule has 0 saturated carbocycles. The fraction of sp³-hybridized carbons (Fsp3) is 0.222. The van der Waals surface area contributed by atoms with E-state index < -0.39 is 11.7 Å². The van der Waals surface area contributed by atoms with E-state index >= 15 is 0 Å². The third-order valence-electron chi connectivity index (χ3n) is 3.55. The Balaban J connectivity index is 1.77. The number of hydrogen-bond acceptors (Lipinski definition) is 4. The van der Waals surface area contributed by atoms with Crippen LogP contribution >= 0.6 is 11.6 Å². The first-order valence-corrected chi connectivity index (χ1v) is 8.14. The number of nitrogens with one attached hydrogen (secondary N) is 2. The summed E-state index contributed by atoms with van der Waals surface area (Å²) >= 11 is 5.81. The standard InChI is InChI=1S/C18H18ClFN2O4/c1-26-16-8-11(2-5-15(16)23)10-22-17(24)6-7-21-18(25)13-4-3-12(20)9-14(13)19/h2-5,8-9,23H,6-7,10H2,1H3,(H,21,25)(H,22,24). The van der Waals surface area contributed by atoms with Gasteiger partial charge in [0.1, 0.15) is 5.82 Å². The maximum atomic E-state index is 13.0. The van der Waals surface area contributed by atoms with Crippen LogP contribution in [0, 0.1) is 5.82 Å². The van der Waals surface area contributed by atoms with Gasteiger partial charge in [0.15, 0.2) is 11.5 Å². The van der Waals surface area contributed by atoms with Crippen molar-refractivity contribution >= 4 is 23.4 Å². The van der Waals surface area contributed by atoms with Crippen LogP contribution in [0.2, 0.25) is 5.02 Å². The first-order chi connectivity index (χ1) is 12.4. The number of phenolic OH excluding ortho intramolecular Hbond substituents is 1. The molecule has 0 atom stereocenters. The molecule has 2 aromatic rings. The minimum Gasteiger partial charge on any atom is -0.504 e. The molecule has 0 aliphatic heterocycles. The van der Waals surface area contributed by atoms with Gasteiger partial charge in [-0.25, -0.2) is 4.39 Å². The van der Waals surface area contributed by atoms with Gasteiger partial charge in [0.05, 0.1) is 17.7 Å². The number of phenols is 1. The van der Waals surface area contributed by atoms with Crippen molar-refractivity contribution < 1.29 is 23.8 Å². The molecule has 0 spiro atoms. The number of halogens is 2. The minimum absolute atomic E-state index is 0.00762. The highest BCUT2D eigenvalue weighted by atomic mass is 35.5. The van der Waals surface area contributed by atoms with Crippen LogP contribution in [0.5, 0.6) is 11.5 Å².